The van der Waals surface area contributed by atoms with Crippen LogP contribution in [0.1, 0.15) is 43.2 Å². The quantitative estimate of drug-likeness (QED) is 0.899. The van der Waals surface area contributed by atoms with Gasteiger partial charge in [0.25, 0.3) is 0 Å². The Morgan fingerprint density at radius 2 is 1.88 bits per heavy atom. The lowest BCUT2D eigenvalue weighted by Crippen LogP contribution is -2.45. The van der Waals surface area contributed by atoms with E-state index in [1.54, 1.807) is 0 Å². The van der Waals surface area contributed by atoms with Gasteiger partial charge >= 0.3 is 0 Å². The number of benzene rings is 1. The summed E-state index contributed by atoms with van der Waals surface area (Å²) < 4.78 is 5.37. The fraction of sp³-hybridized carbons (Fsp3) is 0.700. The molecule has 4 heteroatoms. The van der Waals surface area contributed by atoms with E-state index in [1.165, 1.54) is 49.2 Å². The maximum Gasteiger partial charge on any atom is 0.0817 e. The van der Waals surface area contributed by atoms with Gasteiger partial charge in [-0.05, 0) is 50.4 Å². The van der Waals surface area contributed by atoms with Crippen LogP contribution in [0.4, 0.5) is 5.69 Å². The molecule has 0 bridgehead atoms. The first-order chi connectivity index (χ1) is 11.6. The highest BCUT2D eigenvalue weighted by Gasteiger charge is 2.30. The molecule has 2 fully saturated rings. The first-order valence-electron chi connectivity index (χ1n) is 9.39. The molecular weight excluding hydrogens is 300 g/mol. The summed E-state index contributed by atoms with van der Waals surface area (Å²) in [4.78, 5) is 4.76. The fourth-order valence-electron chi connectivity index (χ4n) is 4.09. The third-order valence-electron chi connectivity index (χ3n) is 5.40. The lowest BCUT2D eigenvalue weighted by Gasteiger charge is -2.35. The lowest BCUT2D eigenvalue weighted by molar-refractivity contribution is -0.0777. The Morgan fingerprint density at radius 3 is 2.54 bits per heavy atom. The second kappa shape index (κ2) is 7.85. The zero-order chi connectivity index (χ0) is 17.0. The predicted octanol–water partition coefficient (Wildman–Crippen LogP) is 2.96. The third-order valence-corrected chi connectivity index (χ3v) is 5.40. The van der Waals surface area contributed by atoms with Crippen LogP contribution in [0.5, 0.6) is 0 Å². The van der Waals surface area contributed by atoms with E-state index in [9.17, 15) is 5.11 Å². The topological polar surface area (TPSA) is 35.9 Å². The number of hydrogen-bond donors (Lipinski definition) is 1. The largest absolute Gasteiger partial charge is 0.388 e. The molecule has 2 aliphatic rings. The van der Waals surface area contributed by atoms with Gasteiger partial charge in [-0.2, -0.15) is 0 Å². The minimum absolute atomic E-state index is 0.588. The van der Waals surface area contributed by atoms with Gasteiger partial charge in [0.05, 0.1) is 5.60 Å². The number of piperidine rings is 1. The van der Waals surface area contributed by atoms with Gasteiger partial charge < -0.3 is 14.7 Å². The monoisotopic (exact) mass is 332 g/mol. The Kier molecular flexibility index (Phi) is 5.80. The number of hydrogen-bond acceptors (Lipinski definition) is 4. The number of likely N-dealkylation sites (N-methyl/N-ethyl adjacent to an activating group) is 1. The van der Waals surface area contributed by atoms with E-state index in [-0.39, 0.29) is 0 Å². The normalized spacial score (nSPS) is 21.2. The van der Waals surface area contributed by atoms with Gasteiger partial charge in [-0.15, -0.1) is 0 Å². The zero-order valence-electron chi connectivity index (χ0n) is 15.3. The van der Waals surface area contributed by atoms with Gasteiger partial charge in [0.1, 0.15) is 0 Å². The Bertz CT molecular complexity index is 534. The molecule has 4 nitrogen and oxygen atoms in total. The molecule has 0 aliphatic carbocycles. The zero-order valence-corrected chi connectivity index (χ0v) is 15.3. The lowest BCUT2D eigenvalue weighted by atomic mass is 9.94. The maximum atomic E-state index is 10.7. The predicted molar refractivity (Wildman–Crippen MR) is 98.6 cm³/mol. The number of aliphatic hydroxyl groups is 1. The van der Waals surface area contributed by atoms with Crippen molar-refractivity contribution in [1.82, 2.24) is 4.90 Å². The molecule has 134 valence electrons. The highest BCUT2D eigenvalue weighted by Crippen LogP contribution is 2.26. The van der Waals surface area contributed by atoms with Crippen LogP contribution in [0.2, 0.25) is 0 Å². The van der Waals surface area contributed by atoms with Crippen molar-refractivity contribution in [2.24, 2.45) is 0 Å². The number of rotatable bonds is 5. The van der Waals surface area contributed by atoms with Crippen molar-refractivity contribution in [1.29, 1.82) is 0 Å². The minimum Gasteiger partial charge on any atom is -0.388 e. The van der Waals surface area contributed by atoms with Crippen LogP contribution in [0.3, 0.4) is 0 Å². The second-order valence-electron chi connectivity index (χ2n) is 7.68. The van der Waals surface area contributed by atoms with Crippen molar-refractivity contribution in [3.63, 3.8) is 0 Å². The summed E-state index contributed by atoms with van der Waals surface area (Å²) in [5, 5.41) is 10.7. The standard InChI is InChI=1S/C20H32N2O2/c1-17-14-18(6-7-19(17)22-10-4-3-5-11-22)15-21(2)16-20(23)8-12-24-13-9-20/h6-7,14,23H,3-5,8-13,15-16H2,1-2H3. The van der Waals surface area contributed by atoms with Crippen LogP contribution >= 0.6 is 0 Å². The molecule has 0 atom stereocenters. The van der Waals surface area contributed by atoms with E-state index in [1.807, 2.05) is 0 Å². The molecule has 1 aromatic carbocycles. The first-order valence-corrected chi connectivity index (χ1v) is 9.39. The van der Waals surface area contributed by atoms with Crippen molar-refractivity contribution in [3.8, 4) is 0 Å². The summed E-state index contributed by atoms with van der Waals surface area (Å²) in [6.45, 7) is 7.54. The summed E-state index contributed by atoms with van der Waals surface area (Å²) in [6.07, 6.45) is 5.47. The molecule has 0 amide bonds. The summed E-state index contributed by atoms with van der Waals surface area (Å²) in [5.41, 5.74) is 3.50. The Morgan fingerprint density at radius 1 is 1.17 bits per heavy atom. The number of anilines is 1. The molecule has 2 heterocycles. The molecule has 2 aliphatic heterocycles. The smallest absolute Gasteiger partial charge is 0.0817 e. The van der Waals surface area contributed by atoms with E-state index in [0.29, 0.717) is 19.8 Å². The van der Waals surface area contributed by atoms with Crippen molar-refractivity contribution in [2.45, 2.75) is 51.2 Å². The van der Waals surface area contributed by atoms with Gasteiger partial charge in [0, 0.05) is 57.9 Å². The molecular formula is C20H32N2O2. The highest BCUT2D eigenvalue weighted by atomic mass is 16.5. The van der Waals surface area contributed by atoms with Crippen molar-refractivity contribution in [2.75, 3.05) is 44.8 Å². The third kappa shape index (κ3) is 4.50. The fourth-order valence-corrected chi connectivity index (χ4v) is 4.09. The van der Waals surface area contributed by atoms with Gasteiger partial charge in [-0.1, -0.05) is 12.1 Å². The van der Waals surface area contributed by atoms with Gasteiger partial charge in [-0.25, -0.2) is 0 Å². The van der Waals surface area contributed by atoms with Crippen molar-refractivity contribution >= 4 is 5.69 Å². The molecule has 0 spiro atoms. The highest BCUT2D eigenvalue weighted by molar-refractivity contribution is 5.54. The number of aryl methyl sites for hydroxylation is 1. The molecule has 0 unspecified atom stereocenters. The molecule has 0 saturated carbocycles. The molecule has 0 aromatic heterocycles. The molecule has 1 aromatic rings. The van der Waals surface area contributed by atoms with Crippen LogP contribution in [0.15, 0.2) is 18.2 Å². The molecule has 3 rings (SSSR count). The van der Waals surface area contributed by atoms with Crippen LogP contribution < -0.4 is 4.90 Å². The molecule has 2 saturated heterocycles. The van der Waals surface area contributed by atoms with Gasteiger partial charge in [-0.3, -0.25) is 4.90 Å². The summed E-state index contributed by atoms with van der Waals surface area (Å²) in [6, 6.07) is 6.85. The van der Waals surface area contributed by atoms with E-state index in [2.05, 4.69) is 42.0 Å². The van der Waals surface area contributed by atoms with Gasteiger partial charge in [0.2, 0.25) is 0 Å². The van der Waals surface area contributed by atoms with E-state index in [4.69, 9.17) is 4.74 Å². The van der Waals surface area contributed by atoms with Crippen LogP contribution in [0.25, 0.3) is 0 Å². The van der Waals surface area contributed by atoms with E-state index < -0.39 is 5.60 Å². The van der Waals surface area contributed by atoms with E-state index >= 15 is 0 Å². The van der Waals surface area contributed by atoms with Gasteiger partial charge in [0.15, 0.2) is 0 Å². The maximum absolute atomic E-state index is 10.7. The Hall–Kier alpha value is -1.10. The average Bonchev–Trinajstić information content (AvgIpc) is 2.56. The van der Waals surface area contributed by atoms with Crippen LogP contribution in [-0.4, -0.2) is 55.5 Å². The second-order valence-corrected chi connectivity index (χ2v) is 7.68. The van der Waals surface area contributed by atoms with E-state index in [0.717, 1.165) is 19.4 Å². The Balaban J connectivity index is 1.59. The summed E-state index contributed by atoms with van der Waals surface area (Å²) >= 11 is 0. The van der Waals surface area contributed by atoms with Crippen molar-refractivity contribution in [3.05, 3.63) is 29.3 Å². The number of ether oxygens (including phenoxy) is 1. The average molecular weight is 332 g/mol. The molecule has 24 heavy (non-hydrogen) atoms. The van der Waals surface area contributed by atoms with Crippen molar-refractivity contribution < 1.29 is 9.84 Å². The van der Waals surface area contributed by atoms with Crippen LogP contribution in [0, 0.1) is 6.92 Å². The first kappa shape index (κ1) is 17.7. The van der Waals surface area contributed by atoms with Crippen LogP contribution in [-0.2, 0) is 11.3 Å². The Labute approximate surface area is 146 Å². The number of nitrogens with zero attached hydrogens (tertiary/aromatic N) is 2. The SMILES string of the molecule is Cc1cc(CN(C)CC2(O)CCOCC2)ccc1N1CCCCC1. The minimum atomic E-state index is -0.588. The molecule has 1 N–H and O–H groups in total. The molecule has 0 radical (unpaired) electrons. The summed E-state index contributed by atoms with van der Waals surface area (Å²) in [7, 11) is 2.10. The summed E-state index contributed by atoms with van der Waals surface area (Å²) in [5.74, 6) is 0.